The molecular formula is C19H21N3O2S. The molecule has 4 heterocycles. The second kappa shape index (κ2) is 5.95. The van der Waals surface area contributed by atoms with E-state index in [-0.39, 0.29) is 11.5 Å². The van der Waals surface area contributed by atoms with Crippen molar-refractivity contribution in [2.24, 2.45) is 11.8 Å². The number of rotatable bonds is 1. The summed E-state index contributed by atoms with van der Waals surface area (Å²) in [6.07, 6.45) is 2.88. The van der Waals surface area contributed by atoms with Crippen LogP contribution in [-0.2, 0) is 0 Å². The van der Waals surface area contributed by atoms with Crippen molar-refractivity contribution in [2.45, 2.75) is 27.2 Å². The molecule has 1 aliphatic rings. The third-order valence-corrected chi connectivity index (χ3v) is 5.92. The summed E-state index contributed by atoms with van der Waals surface area (Å²) in [7, 11) is 0. The van der Waals surface area contributed by atoms with Crippen molar-refractivity contribution in [3.63, 3.8) is 0 Å². The number of thiophene rings is 1. The highest BCUT2D eigenvalue weighted by Gasteiger charge is 2.27. The normalized spacial score (nSPS) is 21.2. The summed E-state index contributed by atoms with van der Waals surface area (Å²) in [6.45, 7) is 7.87. The van der Waals surface area contributed by atoms with Crippen LogP contribution in [0, 0.1) is 18.8 Å². The zero-order valence-corrected chi connectivity index (χ0v) is 15.5. The Morgan fingerprint density at radius 3 is 2.72 bits per heavy atom. The van der Waals surface area contributed by atoms with Crippen LogP contribution in [0.25, 0.3) is 15.9 Å². The van der Waals surface area contributed by atoms with Gasteiger partial charge in [0.1, 0.15) is 10.5 Å². The summed E-state index contributed by atoms with van der Waals surface area (Å²) in [5.74, 6) is 1.04. The number of amides is 1. The fourth-order valence-electron chi connectivity index (χ4n) is 3.85. The van der Waals surface area contributed by atoms with Gasteiger partial charge in [-0.15, -0.1) is 11.3 Å². The van der Waals surface area contributed by atoms with Gasteiger partial charge in [-0.1, -0.05) is 19.9 Å². The van der Waals surface area contributed by atoms with E-state index in [2.05, 4.69) is 18.8 Å². The average molecular weight is 355 g/mol. The van der Waals surface area contributed by atoms with E-state index in [4.69, 9.17) is 0 Å². The molecule has 0 aliphatic carbocycles. The van der Waals surface area contributed by atoms with Crippen molar-refractivity contribution < 1.29 is 4.79 Å². The maximum atomic E-state index is 12.9. The summed E-state index contributed by atoms with van der Waals surface area (Å²) in [5.41, 5.74) is 1.49. The molecule has 2 atom stereocenters. The minimum absolute atomic E-state index is 0.0200. The molecule has 0 radical (unpaired) electrons. The van der Waals surface area contributed by atoms with E-state index in [0.717, 1.165) is 25.1 Å². The van der Waals surface area contributed by atoms with Gasteiger partial charge in [0.25, 0.3) is 11.5 Å². The van der Waals surface area contributed by atoms with Gasteiger partial charge in [-0.25, -0.2) is 4.98 Å². The molecule has 0 N–H and O–H groups in total. The number of aromatic nitrogens is 2. The molecule has 4 rings (SSSR count). The van der Waals surface area contributed by atoms with Crippen molar-refractivity contribution in [1.29, 1.82) is 0 Å². The van der Waals surface area contributed by atoms with E-state index in [1.54, 1.807) is 16.7 Å². The van der Waals surface area contributed by atoms with Gasteiger partial charge in [0.15, 0.2) is 0 Å². The lowest BCUT2D eigenvalue weighted by molar-refractivity contribution is 0.0628. The van der Waals surface area contributed by atoms with Gasteiger partial charge >= 0.3 is 0 Å². The highest BCUT2D eigenvalue weighted by atomic mass is 32.1. The quantitative estimate of drug-likeness (QED) is 0.673. The van der Waals surface area contributed by atoms with Crippen molar-refractivity contribution in [3.8, 4) is 0 Å². The van der Waals surface area contributed by atoms with Gasteiger partial charge in [0, 0.05) is 19.3 Å². The molecular weight excluding hydrogens is 334 g/mol. The van der Waals surface area contributed by atoms with Crippen LogP contribution in [0.2, 0.25) is 0 Å². The largest absolute Gasteiger partial charge is 0.337 e. The fraction of sp³-hybridized carbons (Fsp3) is 0.421. The Labute approximate surface area is 149 Å². The first kappa shape index (κ1) is 16.3. The Kier molecular flexibility index (Phi) is 3.87. The molecule has 0 saturated carbocycles. The first-order valence-electron chi connectivity index (χ1n) is 8.65. The third-order valence-electron chi connectivity index (χ3n) is 4.90. The number of carbonyl (C=O) groups is 1. The number of fused-ring (bicyclic) bond motifs is 2. The molecule has 0 bridgehead atoms. The zero-order valence-electron chi connectivity index (χ0n) is 14.7. The maximum Gasteiger partial charge on any atom is 0.266 e. The second-order valence-electron chi connectivity index (χ2n) is 7.29. The lowest BCUT2D eigenvalue weighted by Gasteiger charge is -2.34. The highest BCUT2D eigenvalue weighted by Crippen LogP contribution is 2.27. The van der Waals surface area contributed by atoms with E-state index in [9.17, 15) is 9.59 Å². The van der Waals surface area contributed by atoms with Gasteiger partial charge in [-0.3, -0.25) is 14.0 Å². The molecule has 1 amide bonds. The number of pyridine rings is 1. The molecule has 3 aromatic rings. The Bertz CT molecular complexity index is 1030. The molecule has 1 fully saturated rings. The SMILES string of the molecule is Cc1cccn2c(=O)c3cc(C(=O)N4C[C@H](C)C[C@@H](C)C4)sc3nc12. The van der Waals surface area contributed by atoms with Gasteiger partial charge in [0.2, 0.25) is 0 Å². The van der Waals surface area contributed by atoms with Crippen LogP contribution in [0.4, 0.5) is 0 Å². The first-order valence-corrected chi connectivity index (χ1v) is 9.46. The van der Waals surface area contributed by atoms with E-state index in [1.165, 1.54) is 11.3 Å². The number of nitrogens with zero attached hydrogens (tertiary/aromatic N) is 3. The standard InChI is InChI=1S/C19H21N3O2S/c1-11-7-12(2)10-21(9-11)19(24)15-8-14-17(25-15)20-16-13(3)5-4-6-22(16)18(14)23/h4-6,8,11-12H,7,9-10H2,1-3H3/t11-,12-/m1/s1. The Morgan fingerprint density at radius 1 is 1.28 bits per heavy atom. The third kappa shape index (κ3) is 2.74. The first-order chi connectivity index (χ1) is 11.9. The van der Waals surface area contributed by atoms with Gasteiger partial charge in [-0.2, -0.15) is 0 Å². The molecule has 1 saturated heterocycles. The highest BCUT2D eigenvalue weighted by molar-refractivity contribution is 7.20. The number of aryl methyl sites for hydroxylation is 1. The minimum Gasteiger partial charge on any atom is -0.337 e. The van der Waals surface area contributed by atoms with Crippen molar-refractivity contribution >= 4 is 33.1 Å². The van der Waals surface area contributed by atoms with Gasteiger partial charge < -0.3 is 4.90 Å². The summed E-state index contributed by atoms with van der Waals surface area (Å²) in [5, 5.41) is 0.523. The topological polar surface area (TPSA) is 54.7 Å². The Morgan fingerprint density at radius 2 is 2.00 bits per heavy atom. The van der Waals surface area contributed by atoms with Crippen molar-refractivity contribution in [1.82, 2.24) is 14.3 Å². The minimum atomic E-state index is -0.112. The molecule has 0 spiro atoms. The predicted molar refractivity (Wildman–Crippen MR) is 100 cm³/mol. The van der Waals surface area contributed by atoms with E-state index >= 15 is 0 Å². The predicted octanol–water partition coefficient (Wildman–Crippen LogP) is 3.34. The summed E-state index contributed by atoms with van der Waals surface area (Å²) in [4.78, 5) is 33.5. The summed E-state index contributed by atoms with van der Waals surface area (Å²) >= 11 is 1.32. The maximum absolute atomic E-state index is 12.9. The van der Waals surface area contributed by atoms with Crippen LogP contribution in [0.3, 0.4) is 0 Å². The number of likely N-dealkylation sites (tertiary alicyclic amines) is 1. The molecule has 0 unspecified atom stereocenters. The zero-order chi connectivity index (χ0) is 17.7. The molecule has 0 aromatic carbocycles. The average Bonchev–Trinajstić information content (AvgIpc) is 2.99. The van der Waals surface area contributed by atoms with Crippen LogP contribution in [0.15, 0.2) is 29.2 Å². The molecule has 3 aromatic heterocycles. The van der Waals surface area contributed by atoms with Crippen LogP contribution in [-0.4, -0.2) is 33.3 Å². The Hall–Kier alpha value is -2.21. The van der Waals surface area contributed by atoms with Crippen LogP contribution in [0.1, 0.15) is 35.5 Å². The monoisotopic (exact) mass is 355 g/mol. The van der Waals surface area contributed by atoms with Crippen molar-refractivity contribution in [2.75, 3.05) is 13.1 Å². The number of hydrogen-bond acceptors (Lipinski definition) is 4. The number of hydrogen-bond donors (Lipinski definition) is 0. The summed E-state index contributed by atoms with van der Waals surface area (Å²) < 4.78 is 1.56. The van der Waals surface area contributed by atoms with Crippen molar-refractivity contribution in [3.05, 3.63) is 45.2 Å². The van der Waals surface area contributed by atoms with Gasteiger partial charge in [0.05, 0.1) is 10.3 Å². The number of carbonyl (C=O) groups excluding carboxylic acids is 1. The van der Waals surface area contributed by atoms with Crippen LogP contribution >= 0.6 is 11.3 Å². The molecule has 1 aliphatic heterocycles. The smallest absolute Gasteiger partial charge is 0.266 e. The van der Waals surface area contributed by atoms with Crippen LogP contribution in [0.5, 0.6) is 0 Å². The number of piperidine rings is 1. The molecule has 25 heavy (non-hydrogen) atoms. The summed E-state index contributed by atoms with van der Waals surface area (Å²) in [6, 6.07) is 5.49. The molecule has 130 valence electrons. The Balaban J connectivity index is 1.80. The van der Waals surface area contributed by atoms with E-state index < -0.39 is 0 Å². The van der Waals surface area contributed by atoms with E-state index in [0.29, 0.717) is 32.6 Å². The second-order valence-corrected chi connectivity index (χ2v) is 8.32. The fourth-order valence-corrected chi connectivity index (χ4v) is 4.84. The lowest BCUT2D eigenvalue weighted by Crippen LogP contribution is -2.42. The lowest BCUT2D eigenvalue weighted by atomic mass is 9.92. The molecule has 5 nitrogen and oxygen atoms in total. The molecule has 6 heteroatoms. The van der Waals surface area contributed by atoms with Gasteiger partial charge in [-0.05, 0) is 42.9 Å². The van der Waals surface area contributed by atoms with Crippen LogP contribution < -0.4 is 5.56 Å². The van der Waals surface area contributed by atoms with E-state index in [1.807, 2.05) is 24.0 Å².